The molecule has 7 nitrogen and oxygen atoms in total. The van der Waals surface area contributed by atoms with Gasteiger partial charge in [-0.25, -0.2) is 9.37 Å². The number of oxazole rings is 1. The summed E-state index contributed by atoms with van der Waals surface area (Å²) in [6.45, 7) is 5.49. The molecule has 0 radical (unpaired) electrons. The van der Waals surface area contributed by atoms with Gasteiger partial charge in [-0.05, 0) is 56.5 Å². The minimum atomic E-state index is -0.516. The summed E-state index contributed by atoms with van der Waals surface area (Å²) in [5.74, 6) is 0.00209. The van der Waals surface area contributed by atoms with Gasteiger partial charge in [0.15, 0.2) is 11.5 Å². The number of carbonyl (C=O) groups is 2. The van der Waals surface area contributed by atoms with E-state index in [-0.39, 0.29) is 41.6 Å². The Balaban J connectivity index is 1.83. The summed E-state index contributed by atoms with van der Waals surface area (Å²) in [5, 5.41) is 9.02. The fraction of sp³-hybridized carbons (Fsp3) is 0.393. The van der Waals surface area contributed by atoms with Gasteiger partial charge in [-0.1, -0.05) is 56.3 Å². The summed E-state index contributed by atoms with van der Waals surface area (Å²) in [4.78, 5) is 30.5. The van der Waals surface area contributed by atoms with Crippen LogP contribution in [0.1, 0.15) is 61.1 Å². The number of unbranched alkanes of at least 4 members (excludes halogenated alkanes) is 1. The summed E-state index contributed by atoms with van der Waals surface area (Å²) in [7, 11) is 1.90. The number of benzene rings is 2. The first-order valence-corrected chi connectivity index (χ1v) is 12.4. The number of hydrogen-bond acceptors (Lipinski definition) is 5. The molecular formula is C28H35FN4O3. The van der Waals surface area contributed by atoms with Crippen molar-refractivity contribution >= 4 is 11.8 Å². The maximum absolute atomic E-state index is 13.2. The molecule has 0 aliphatic heterocycles. The number of nitrogens with zero attached hydrogens (tertiary/aromatic N) is 1. The number of aromatic nitrogens is 1. The van der Waals surface area contributed by atoms with Crippen molar-refractivity contribution in [1.82, 2.24) is 20.9 Å². The molecule has 192 valence electrons. The number of hydrogen-bond donors (Lipinski definition) is 3. The Bertz CT molecular complexity index is 1110. The van der Waals surface area contributed by atoms with Gasteiger partial charge in [-0.2, -0.15) is 0 Å². The predicted octanol–water partition coefficient (Wildman–Crippen LogP) is 4.66. The van der Waals surface area contributed by atoms with Crippen LogP contribution in [0.4, 0.5) is 4.39 Å². The summed E-state index contributed by atoms with van der Waals surface area (Å²) in [6, 6.07) is 14.7. The molecule has 0 unspecified atom stereocenters. The third-order valence-electron chi connectivity index (χ3n) is 5.65. The first-order chi connectivity index (χ1) is 17.4. The minimum Gasteiger partial charge on any atom is -0.438 e. The molecule has 1 heterocycles. The molecule has 0 bridgehead atoms. The van der Waals surface area contributed by atoms with Gasteiger partial charge >= 0.3 is 0 Å². The van der Waals surface area contributed by atoms with Gasteiger partial charge < -0.3 is 20.4 Å². The van der Waals surface area contributed by atoms with Crippen LogP contribution < -0.4 is 16.0 Å². The first kappa shape index (κ1) is 27.1. The van der Waals surface area contributed by atoms with Crippen molar-refractivity contribution in [2.24, 2.45) is 5.92 Å². The lowest BCUT2D eigenvalue weighted by Crippen LogP contribution is -2.31. The van der Waals surface area contributed by atoms with Crippen LogP contribution in [0.25, 0.3) is 11.3 Å². The van der Waals surface area contributed by atoms with E-state index in [9.17, 15) is 14.0 Å². The third kappa shape index (κ3) is 8.02. The highest BCUT2D eigenvalue weighted by Gasteiger charge is 2.27. The molecule has 2 aromatic carbocycles. The van der Waals surface area contributed by atoms with Crippen LogP contribution in [-0.2, 0) is 11.2 Å². The Morgan fingerprint density at radius 2 is 1.69 bits per heavy atom. The Hall–Kier alpha value is -3.52. The monoisotopic (exact) mass is 494 g/mol. The summed E-state index contributed by atoms with van der Waals surface area (Å²) >= 11 is 0. The lowest BCUT2D eigenvalue weighted by atomic mass is 10.0. The molecule has 0 fully saturated rings. The Morgan fingerprint density at radius 3 is 2.36 bits per heavy atom. The van der Waals surface area contributed by atoms with Gasteiger partial charge in [-0.3, -0.25) is 9.59 Å². The van der Waals surface area contributed by atoms with Crippen molar-refractivity contribution in [3.05, 3.63) is 77.6 Å². The van der Waals surface area contributed by atoms with E-state index in [1.165, 1.54) is 12.1 Å². The summed E-state index contributed by atoms with van der Waals surface area (Å²) in [6.07, 6.45) is 2.46. The predicted molar refractivity (Wildman–Crippen MR) is 138 cm³/mol. The standard InChI is InChI=1S/C28H35FN4O3/c1-19(2)17-23(32-24(34)18-20-11-13-22(29)14-12-20)28-33-25(27(35)31-16-8-7-15-30-3)26(36-28)21-9-5-4-6-10-21/h4-6,9-14,19,23,30H,7-8,15-18H2,1-3H3,(H,31,35)(H,32,34)/t23-/m0/s1. The van der Waals surface area contributed by atoms with Gasteiger partial charge in [0.05, 0.1) is 6.42 Å². The maximum atomic E-state index is 13.2. The van der Waals surface area contributed by atoms with Gasteiger partial charge in [0.25, 0.3) is 5.91 Å². The fourth-order valence-corrected chi connectivity index (χ4v) is 3.86. The molecule has 2 amide bonds. The van der Waals surface area contributed by atoms with Crippen molar-refractivity contribution in [2.75, 3.05) is 20.1 Å². The smallest absolute Gasteiger partial charge is 0.273 e. The zero-order valence-corrected chi connectivity index (χ0v) is 21.1. The van der Waals surface area contributed by atoms with Crippen LogP contribution in [0.2, 0.25) is 0 Å². The molecule has 3 aromatic rings. The van der Waals surface area contributed by atoms with Crippen LogP contribution >= 0.6 is 0 Å². The van der Waals surface area contributed by atoms with E-state index in [0.29, 0.717) is 24.3 Å². The van der Waals surface area contributed by atoms with Crippen molar-refractivity contribution in [2.45, 2.75) is 45.6 Å². The molecule has 0 aliphatic rings. The second-order valence-electron chi connectivity index (χ2n) is 9.22. The third-order valence-corrected chi connectivity index (χ3v) is 5.65. The Labute approximate surface area is 211 Å². The number of rotatable bonds is 13. The number of nitrogens with one attached hydrogen (secondary N) is 3. The zero-order chi connectivity index (χ0) is 25.9. The van der Waals surface area contributed by atoms with Crippen LogP contribution in [0.5, 0.6) is 0 Å². The van der Waals surface area contributed by atoms with E-state index >= 15 is 0 Å². The molecule has 1 aromatic heterocycles. The average Bonchev–Trinajstić information content (AvgIpc) is 3.31. The molecule has 0 saturated heterocycles. The normalized spacial score (nSPS) is 11.9. The van der Waals surface area contributed by atoms with Crippen LogP contribution in [-0.4, -0.2) is 36.9 Å². The van der Waals surface area contributed by atoms with E-state index in [2.05, 4.69) is 20.9 Å². The van der Waals surface area contributed by atoms with E-state index < -0.39 is 6.04 Å². The Kier molecular flexibility index (Phi) is 10.2. The fourth-order valence-electron chi connectivity index (χ4n) is 3.86. The molecule has 0 spiro atoms. The second kappa shape index (κ2) is 13.5. The van der Waals surface area contributed by atoms with Crippen molar-refractivity contribution < 1.29 is 18.4 Å². The molecule has 1 atom stereocenters. The molecule has 3 rings (SSSR count). The van der Waals surface area contributed by atoms with Gasteiger partial charge in [0, 0.05) is 12.1 Å². The quantitative estimate of drug-likeness (QED) is 0.301. The number of amides is 2. The van der Waals surface area contributed by atoms with Crippen molar-refractivity contribution in [3.63, 3.8) is 0 Å². The lowest BCUT2D eigenvalue weighted by molar-refractivity contribution is -0.121. The van der Waals surface area contributed by atoms with Gasteiger partial charge in [0.1, 0.15) is 11.9 Å². The van der Waals surface area contributed by atoms with Crippen molar-refractivity contribution in [1.29, 1.82) is 0 Å². The molecular weight excluding hydrogens is 459 g/mol. The van der Waals surface area contributed by atoms with E-state index in [1.807, 2.05) is 51.2 Å². The van der Waals surface area contributed by atoms with E-state index in [0.717, 1.165) is 24.9 Å². The maximum Gasteiger partial charge on any atom is 0.273 e. The van der Waals surface area contributed by atoms with Crippen LogP contribution in [0.15, 0.2) is 59.0 Å². The summed E-state index contributed by atoms with van der Waals surface area (Å²) in [5.41, 5.74) is 1.64. The average molecular weight is 495 g/mol. The molecule has 8 heteroatoms. The van der Waals surface area contributed by atoms with Gasteiger partial charge in [0.2, 0.25) is 11.8 Å². The number of halogens is 1. The second-order valence-corrected chi connectivity index (χ2v) is 9.22. The summed E-state index contributed by atoms with van der Waals surface area (Å²) < 4.78 is 19.4. The van der Waals surface area contributed by atoms with Crippen LogP contribution in [0.3, 0.4) is 0 Å². The molecule has 0 saturated carbocycles. The van der Waals surface area contributed by atoms with Crippen LogP contribution in [0, 0.1) is 11.7 Å². The number of carbonyl (C=O) groups excluding carboxylic acids is 2. The highest BCUT2D eigenvalue weighted by atomic mass is 19.1. The lowest BCUT2D eigenvalue weighted by Gasteiger charge is -2.17. The zero-order valence-electron chi connectivity index (χ0n) is 21.1. The van der Waals surface area contributed by atoms with E-state index in [4.69, 9.17) is 4.42 Å². The minimum absolute atomic E-state index is 0.0983. The highest BCUT2D eigenvalue weighted by Crippen LogP contribution is 2.30. The SMILES string of the molecule is CNCCCCNC(=O)c1nc([C@H](CC(C)C)NC(=O)Cc2ccc(F)cc2)oc1-c1ccccc1. The Morgan fingerprint density at radius 1 is 1.00 bits per heavy atom. The largest absolute Gasteiger partial charge is 0.438 e. The highest BCUT2D eigenvalue weighted by molar-refractivity contribution is 5.97. The molecule has 36 heavy (non-hydrogen) atoms. The molecule has 3 N–H and O–H groups in total. The van der Waals surface area contributed by atoms with Crippen molar-refractivity contribution in [3.8, 4) is 11.3 Å². The first-order valence-electron chi connectivity index (χ1n) is 12.4. The van der Waals surface area contributed by atoms with E-state index in [1.54, 1.807) is 12.1 Å². The molecule has 0 aliphatic carbocycles. The topological polar surface area (TPSA) is 96.3 Å². The van der Waals surface area contributed by atoms with Gasteiger partial charge in [-0.15, -0.1) is 0 Å².